The lowest BCUT2D eigenvalue weighted by atomic mass is 10.1. The monoisotopic (exact) mass is 357 g/mol. The Kier molecular flexibility index (Phi) is 5.24. The third-order valence-corrected chi connectivity index (χ3v) is 3.63. The van der Waals surface area contributed by atoms with E-state index >= 15 is 0 Å². The summed E-state index contributed by atoms with van der Waals surface area (Å²) in [5, 5.41) is 16.0. The topological polar surface area (TPSA) is 67.5 Å². The Labute approximate surface area is 141 Å². The van der Waals surface area contributed by atoms with Crippen LogP contribution >= 0.6 is 34.8 Å². The van der Waals surface area contributed by atoms with Crippen LogP contribution < -0.4 is 5.43 Å². The number of nitro benzene ring substituents is 1. The zero-order valence-corrected chi connectivity index (χ0v) is 13.6. The molecule has 0 aliphatic carbocycles. The third-order valence-electron chi connectivity index (χ3n) is 2.82. The Morgan fingerprint density at radius 1 is 1.18 bits per heavy atom. The summed E-state index contributed by atoms with van der Waals surface area (Å²) in [4.78, 5) is 10.3. The van der Waals surface area contributed by atoms with Gasteiger partial charge in [0.2, 0.25) is 0 Å². The average molecular weight is 359 g/mol. The van der Waals surface area contributed by atoms with Crippen molar-refractivity contribution in [3.05, 3.63) is 67.1 Å². The Balaban J connectivity index is 2.27. The number of non-ortho nitro benzene ring substituents is 1. The van der Waals surface area contributed by atoms with E-state index in [9.17, 15) is 10.1 Å². The van der Waals surface area contributed by atoms with Crippen molar-refractivity contribution in [3.8, 4) is 0 Å². The van der Waals surface area contributed by atoms with Crippen LogP contribution in [0.2, 0.25) is 15.1 Å². The molecule has 0 radical (unpaired) electrons. The lowest BCUT2D eigenvalue weighted by molar-refractivity contribution is -0.384. The SMILES string of the molecule is C/C(=N\Nc1c(Cl)cc(Cl)cc1Cl)c1cccc([N+](=O)[O-])c1. The number of nitrogens with zero attached hydrogens (tertiary/aromatic N) is 2. The second-order valence-electron chi connectivity index (χ2n) is 4.36. The Morgan fingerprint density at radius 3 is 2.41 bits per heavy atom. The molecule has 1 N–H and O–H groups in total. The fourth-order valence-electron chi connectivity index (χ4n) is 1.70. The summed E-state index contributed by atoms with van der Waals surface area (Å²) in [7, 11) is 0. The van der Waals surface area contributed by atoms with Gasteiger partial charge in [-0.3, -0.25) is 15.5 Å². The maximum absolute atomic E-state index is 10.8. The van der Waals surface area contributed by atoms with Crippen molar-refractivity contribution < 1.29 is 4.92 Å². The highest BCUT2D eigenvalue weighted by Crippen LogP contribution is 2.33. The van der Waals surface area contributed by atoms with Crippen LogP contribution in [0, 0.1) is 10.1 Å². The number of halogens is 3. The van der Waals surface area contributed by atoms with Gasteiger partial charge < -0.3 is 0 Å². The third kappa shape index (κ3) is 3.88. The number of anilines is 1. The second kappa shape index (κ2) is 6.96. The fraction of sp³-hybridized carbons (Fsp3) is 0.0714. The zero-order valence-electron chi connectivity index (χ0n) is 11.3. The molecule has 0 bridgehead atoms. The Bertz CT molecular complexity index is 740. The van der Waals surface area contributed by atoms with Crippen LogP contribution in [-0.4, -0.2) is 10.6 Å². The molecule has 0 amide bonds. The van der Waals surface area contributed by atoms with Gasteiger partial charge in [-0.2, -0.15) is 5.10 Å². The van der Waals surface area contributed by atoms with Crippen molar-refractivity contribution in [2.45, 2.75) is 6.92 Å². The lowest BCUT2D eigenvalue weighted by Gasteiger charge is -2.08. The van der Waals surface area contributed by atoms with E-state index in [2.05, 4.69) is 10.5 Å². The molecule has 0 saturated carbocycles. The van der Waals surface area contributed by atoms with Crippen molar-refractivity contribution in [2.24, 2.45) is 5.10 Å². The standard InChI is InChI=1S/C14H10Cl3N3O2/c1-8(9-3-2-4-11(5-9)20(21)22)18-19-14-12(16)6-10(15)7-13(14)17/h2-7,19H,1H3/b18-8+. The van der Waals surface area contributed by atoms with Crippen molar-refractivity contribution >= 4 is 51.9 Å². The minimum absolute atomic E-state index is 0.00499. The predicted octanol–water partition coefficient (Wildman–Crippen LogP) is 5.39. The van der Waals surface area contributed by atoms with Gasteiger partial charge in [0.25, 0.3) is 5.69 Å². The number of rotatable bonds is 4. The first-order valence-corrected chi connectivity index (χ1v) is 7.21. The molecule has 5 nitrogen and oxygen atoms in total. The van der Waals surface area contributed by atoms with Gasteiger partial charge in [0, 0.05) is 22.7 Å². The summed E-state index contributed by atoms with van der Waals surface area (Å²) in [6.07, 6.45) is 0. The van der Waals surface area contributed by atoms with E-state index in [1.807, 2.05) is 0 Å². The molecule has 0 aliphatic rings. The van der Waals surface area contributed by atoms with Crippen molar-refractivity contribution in [3.63, 3.8) is 0 Å². The minimum atomic E-state index is -0.461. The van der Waals surface area contributed by atoms with E-state index in [-0.39, 0.29) is 5.69 Å². The van der Waals surface area contributed by atoms with E-state index in [4.69, 9.17) is 34.8 Å². The molecular weight excluding hydrogens is 349 g/mol. The van der Waals surface area contributed by atoms with Crippen LogP contribution in [0.15, 0.2) is 41.5 Å². The zero-order chi connectivity index (χ0) is 16.3. The first kappa shape index (κ1) is 16.5. The molecule has 2 aromatic rings. The second-order valence-corrected chi connectivity index (χ2v) is 5.61. The van der Waals surface area contributed by atoms with E-state index in [1.165, 1.54) is 24.3 Å². The molecule has 2 aromatic carbocycles. The molecule has 0 fully saturated rings. The highest BCUT2D eigenvalue weighted by molar-refractivity contribution is 6.41. The lowest BCUT2D eigenvalue weighted by Crippen LogP contribution is -2.01. The molecule has 0 heterocycles. The maximum Gasteiger partial charge on any atom is 0.270 e. The van der Waals surface area contributed by atoms with Crippen LogP contribution in [0.1, 0.15) is 12.5 Å². The number of hydrazone groups is 1. The molecular formula is C14H10Cl3N3O2. The summed E-state index contributed by atoms with van der Waals surface area (Å²) >= 11 is 17.9. The van der Waals surface area contributed by atoms with Crippen LogP contribution in [-0.2, 0) is 0 Å². The quantitative estimate of drug-likeness (QED) is 0.452. The molecule has 0 aromatic heterocycles. The van der Waals surface area contributed by atoms with Crippen molar-refractivity contribution in [1.29, 1.82) is 0 Å². The molecule has 0 aliphatic heterocycles. The molecule has 0 saturated heterocycles. The predicted molar refractivity (Wildman–Crippen MR) is 90.4 cm³/mol. The average Bonchev–Trinajstić information content (AvgIpc) is 2.46. The molecule has 0 spiro atoms. The number of hydrogen-bond acceptors (Lipinski definition) is 4. The normalized spacial score (nSPS) is 11.4. The summed E-state index contributed by atoms with van der Waals surface area (Å²) in [6, 6.07) is 9.24. The number of benzene rings is 2. The highest BCUT2D eigenvalue weighted by atomic mass is 35.5. The molecule has 2 rings (SSSR count). The molecule has 8 heteroatoms. The highest BCUT2D eigenvalue weighted by Gasteiger charge is 2.09. The van der Waals surface area contributed by atoms with Crippen LogP contribution in [0.4, 0.5) is 11.4 Å². The maximum atomic E-state index is 10.8. The summed E-state index contributed by atoms with van der Waals surface area (Å²) in [6.45, 7) is 1.71. The van der Waals surface area contributed by atoms with E-state index in [1.54, 1.807) is 19.1 Å². The summed E-state index contributed by atoms with van der Waals surface area (Å²) in [5.41, 5.74) is 4.32. The Hall–Kier alpha value is -1.82. The van der Waals surface area contributed by atoms with E-state index in [0.717, 1.165) is 0 Å². The van der Waals surface area contributed by atoms with Gasteiger partial charge in [-0.1, -0.05) is 46.9 Å². The van der Waals surface area contributed by atoms with Gasteiger partial charge in [0.15, 0.2) is 0 Å². The van der Waals surface area contributed by atoms with E-state index < -0.39 is 4.92 Å². The summed E-state index contributed by atoms with van der Waals surface area (Å²) < 4.78 is 0. The first-order valence-electron chi connectivity index (χ1n) is 6.08. The smallest absolute Gasteiger partial charge is 0.270 e. The van der Waals surface area contributed by atoms with Gasteiger partial charge in [-0.05, 0) is 19.1 Å². The van der Waals surface area contributed by atoms with Crippen LogP contribution in [0.5, 0.6) is 0 Å². The first-order chi connectivity index (χ1) is 10.4. The minimum Gasteiger partial charge on any atom is -0.275 e. The van der Waals surface area contributed by atoms with Gasteiger partial charge in [0.05, 0.1) is 26.4 Å². The van der Waals surface area contributed by atoms with Gasteiger partial charge in [0.1, 0.15) is 0 Å². The number of hydrogen-bond donors (Lipinski definition) is 1. The van der Waals surface area contributed by atoms with Crippen LogP contribution in [0.3, 0.4) is 0 Å². The van der Waals surface area contributed by atoms with Gasteiger partial charge in [-0.15, -0.1) is 0 Å². The number of nitrogens with one attached hydrogen (secondary N) is 1. The van der Waals surface area contributed by atoms with E-state index in [0.29, 0.717) is 32.0 Å². The van der Waals surface area contributed by atoms with Crippen molar-refractivity contribution in [2.75, 3.05) is 5.43 Å². The Morgan fingerprint density at radius 2 is 1.82 bits per heavy atom. The largest absolute Gasteiger partial charge is 0.275 e. The van der Waals surface area contributed by atoms with Gasteiger partial charge >= 0.3 is 0 Å². The molecule has 114 valence electrons. The van der Waals surface area contributed by atoms with Gasteiger partial charge in [-0.25, -0.2) is 0 Å². The molecule has 22 heavy (non-hydrogen) atoms. The van der Waals surface area contributed by atoms with Crippen LogP contribution in [0.25, 0.3) is 0 Å². The summed E-state index contributed by atoms with van der Waals surface area (Å²) in [5.74, 6) is 0. The molecule has 0 atom stereocenters. The fourth-order valence-corrected chi connectivity index (χ4v) is 2.60. The molecule has 0 unspecified atom stereocenters. The number of nitro groups is 1. The van der Waals surface area contributed by atoms with Crippen molar-refractivity contribution in [1.82, 2.24) is 0 Å².